The summed E-state index contributed by atoms with van der Waals surface area (Å²) in [5, 5.41) is 1.47. The fourth-order valence-corrected chi connectivity index (χ4v) is 3.85. The van der Waals surface area contributed by atoms with Gasteiger partial charge in [0.1, 0.15) is 0 Å². The van der Waals surface area contributed by atoms with Gasteiger partial charge in [-0.3, -0.25) is 9.78 Å². The SMILES string of the molecule is COCCCC1CCCN(C(=O)c2cc(C)nc3ccc(Cl)cc23)C1. The first-order chi connectivity index (χ1) is 12.1. The van der Waals surface area contributed by atoms with Gasteiger partial charge in [0, 0.05) is 42.9 Å². The molecule has 2 aromatic rings. The average molecular weight is 361 g/mol. The van der Waals surface area contributed by atoms with Crippen LogP contribution < -0.4 is 0 Å². The second kappa shape index (κ2) is 8.15. The molecule has 1 atom stereocenters. The molecular weight excluding hydrogens is 336 g/mol. The van der Waals surface area contributed by atoms with Gasteiger partial charge in [0.15, 0.2) is 0 Å². The molecule has 25 heavy (non-hydrogen) atoms. The van der Waals surface area contributed by atoms with Crippen LogP contribution in [0.5, 0.6) is 0 Å². The summed E-state index contributed by atoms with van der Waals surface area (Å²) in [4.78, 5) is 19.7. The molecule has 0 saturated carbocycles. The van der Waals surface area contributed by atoms with Gasteiger partial charge in [-0.05, 0) is 62.8 Å². The highest BCUT2D eigenvalue weighted by atomic mass is 35.5. The summed E-state index contributed by atoms with van der Waals surface area (Å²) in [6.45, 7) is 4.36. The van der Waals surface area contributed by atoms with Crippen LogP contribution in [0.2, 0.25) is 5.02 Å². The molecule has 1 aliphatic rings. The van der Waals surface area contributed by atoms with Crippen LogP contribution in [0.25, 0.3) is 10.9 Å². The Labute approximate surface area is 154 Å². The van der Waals surface area contributed by atoms with E-state index in [2.05, 4.69) is 4.98 Å². The van der Waals surface area contributed by atoms with E-state index in [1.807, 2.05) is 36.1 Å². The van der Waals surface area contributed by atoms with Crippen molar-refractivity contribution in [2.24, 2.45) is 5.92 Å². The highest BCUT2D eigenvalue weighted by molar-refractivity contribution is 6.31. The third-order valence-electron chi connectivity index (χ3n) is 4.90. The molecule has 1 aromatic heterocycles. The van der Waals surface area contributed by atoms with E-state index in [9.17, 15) is 4.79 Å². The van der Waals surface area contributed by atoms with Crippen LogP contribution in [0, 0.1) is 12.8 Å². The number of fused-ring (bicyclic) bond motifs is 1. The van der Waals surface area contributed by atoms with Gasteiger partial charge in [-0.2, -0.15) is 0 Å². The Hall–Kier alpha value is -1.65. The number of likely N-dealkylation sites (tertiary alicyclic amines) is 1. The van der Waals surface area contributed by atoms with Gasteiger partial charge in [-0.15, -0.1) is 0 Å². The first-order valence-electron chi connectivity index (χ1n) is 8.93. The fraction of sp³-hybridized carbons (Fsp3) is 0.500. The molecule has 134 valence electrons. The summed E-state index contributed by atoms with van der Waals surface area (Å²) in [7, 11) is 1.73. The molecule has 1 aliphatic heterocycles. The molecule has 0 radical (unpaired) electrons. The Balaban J connectivity index is 1.82. The number of methoxy groups -OCH3 is 1. The van der Waals surface area contributed by atoms with Crippen LogP contribution in [0.15, 0.2) is 24.3 Å². The van der Waals surface area contributed by atoms with Gasteiger partial charge in [0.05, 0.1) is 11.1 Å². The van der Waals surface area contributed by atoms with Crippen LogP contribution in [0.4, 0.5) is 0 Å². The zero-order chi connectivity index (χ0) is 17.8. The van der Waals surface area contributed by atoms with E-state index in [1.54, 1.807) is 7.11 Å². The van der Waals surface area contributed by atoms with Crippen LogP contribution in [-0.2, 0) is 4.74 Å². The number of benzene rings is 1. The number of rotatable bonds is 5. The van der Waals surface area contributed by atoms with E-state index < -0.39 is 0 Å². The van der Waals surface area contributed by atoms with Gasteiger partial charge in [-0.25, -0.2) is 0 Å². The predicted octanol–water partition coefficient (Wildman–Crippen LogP) is 4.48. The number of carbonyl (C=O) groups excluding carboxylic acids is 1. The first kappa shape index (κ1) is 18.2. The van der Waals surface area contributed by atoms with Gasteiger partial charge in [0.25, 0.3) is 5.91 Å². The highest BCUT2D eigenvalue weighted by Crippen LogP contribution is 2.27. The molecule has 4 nitrogen and oxygen atoms in total. The van der Waals surface area contributed by atoms with Crippen molar-refractivity contribution in [1.82, 2.24) is 9.88 Å². The summed E-state index contributed by atoms with van der Waals surface area (Å²) in [6, 6.07) is 7.43. The van der Waals surface area contributed by atoms with Crippen LogP contribution in [-0.4, -0.2) is 42.6 Å². The van der Waals surface area contributed by atoms with E-state index in [-0.39, 0.29) is 5.91 Å². The molecule has 1 saturated heterocycles. The first-order valence-corrected chi connectivity index (χ1v) is 9.31. The minimum atomic E-state index is 0.0919. The van der Waals surface area contributed by atoms with Gasteiger partial charge in [-0.1, -0.05) is 11.6 Å². The van der Waals surface area contributed by atoms with Gasteiger partial charge in [0.2, 0.25) is 0 Å². The van der Waals surface area contributed by atoms with Gasteiger partial charge >= 0.3 is 0 Å². The Morgan fingerprint density at radius 3 is 3.04 bits per heavy atom. The number of hydrogen-bond acceptors (Lipinski definition) is 3. The van der Waals surface area contributed by atoms with Crippen molar-refractivity contribution in [3.05, 3.63) is 40.5 Å². The molecule has 1 unspecified atom stereocenters. The topological polar surface area (TPSA) is 42.4 Å². The van der Waals surface area contributed by atoms with Crippen molar-refractivity contribution in [2.75, 3.05) is 26.8 Å². The van der Waals surface area contributed by atoms with Crippen molar-refractivity contribution in [3.63, 3.8) is 0 Å². The number of nitrogens with zero attached hydrogens (tertiary/aromatic N) is 2. The van der Waals surface area contributed by atoms with E-state index in [4.69, 9.17) is 16.3 Å². The molecular formula is C20H25ClN2O2. The van der Waals surface area contributed by atoms with E-state index in [1.165, 1.54) is 6.42 Å². The minimum Gasteiger partial charge on any atom is -0.385 e. The number of hydrogen-bond donors (Lipinski definition) is 0. The van der Waals surface area contributed by atoms with Gasteiger partial charge < -0.3 is 9.64 Å². The number of ether oxygens (including phenoxy) is 1. The third kappa shape index (κ3) is 4.31. The molecule has 0 N–H and O–H groups in total. The predicted molar refractivity (Wildman–Crippen MR) is 101 cm³/mol. The summed E-state index contributed by atoms with van der Waals surface area (Å²) in [6.07, 6.45) is 4.41. The molecule has 0 aliphatic carbocycles. The van der Waals surface area contributed by atoms with E-state index in [0.717, 1.165) is 55.6 Å². The lowest BCUT2D eigenvalue weighted by atomic mass is 9.93. The monoisotopic (exact) mass is 360 g/mol. The lowest BCUT2D eigenvalue weighted by Gasteiger charge is -2.33. The zero-order valence-electron chi connectivity index (χ0n) is 14.9. The Morgan fingerprint density at radius 2 is 2.24 bits per heavy atom. The quantitative estimate of drug-likeness (QED) is 0.738. The molecule has 5 heteroatoms. The smallest absolute Gasteiger partial charge is 0.254 e. The highest BCUT2D eigenvalue weighted by Gasteiger charge is 2.25. The maximum Gasteiger partial charge on any atom is 0.254 e. The number of halogens is 1. The number of pyridine rings is 1. The maximum atomic E-state index is 13.2. The van der Waals surface area contributed by atoms with Crippen LogP contribution >= 0.6 is 11.6 Å². The molecule has 1 amide bonds. The summed E-state index contributed by atoms with van der Waals surface area (Å²) in [5.41, 5.74) is 2.38. The Bertz CT molecular complexity index is 763. The summed E-state index contributed by atoms with van der Waals surface area (Å²) in [5.74, 6) is 0.653. The zero-order valence-corrected chi connectivity index (χ0v) is 15.7. The summed E-state index contributed by atoms with van der Waals surface area (Å²) < 4.78 is 5.15. The van der Waals surface area contributed by atoms with Crippen molar-refractivity contribution in [2.45, 2.75) is 32.6 Å². The normalized spacial score (nSPS) is 17.9. The van der Waals surface area contributed by atoms with Crippen LogP contribution in [0.3, 0.4) is 0 Å². The standard InChI is InChI=1S/C20H25ClN2O2/c1-14-11-18(17-12-16(21)7-8-19(17)22-14)20(24)23-9-3-5-15(13-23)6-4-10-25-2/h7-8,11-12,15H,3-6,9-10,13H2,1-2H3. The maximum absolute atomic E-state index is 13.2. The lowest BCUT2D eigenvalue weighted by Crippen LogP contribution is -2.40. The fourth-order valence-electron chi connectivity index (χ4n) is 3.68. The largest absolute Gasteiger partial charge is 0.385 e. The van der Waals surface area contributed by atoms with E-state index >= 15 is 0 Å². The van der Waals surface area contributed by atoms with E-state index in [0.29, 0.717) is 16.5 Å². The van der Waals surface area contributed by atoms with Crippen molar-refractivity contribution >= 4 is 28.4 Å². The molecule has 1 aromatic carbocycles. The van der Waals surface area contributed by atoms with Crippen molar-refractivity contribution in [1.29, 1.82) is 0 Å². The molecule has 0 bridgehead atoms. The number of amides is 1. The minimum absolute atomic E-state index is 0.0919. The van der Waals surface area contributed by atoms with Crippen LogP contribution in [0.1, 0.15) is 41.7 Å². The lowest BCUT2D eigenvalue weighted by molar-refractivity contribution is 0.0662. The average Bonchev–Trinajstić information content (AvgIpc) is 2.61. The van der Waals surface area contributed by atoms with Crippen molar-refractivity contribution < 1.29 is 9.53 Å². The molecule has 1 fully saturated rings. The number of piperidine rings is 1. The molecule has 0 spiro atoms. The number of aryl methyl sites for hydroxylation is 1. The summed E-state index contributed by atoms with van der Waals surface area (Å²) >= 11 is 6.15. The second-order valence-corrected chi connectivity index (χ2v) is 7.30. The Kier molecular flexibility index (Phi) is 5.92. The van der Waals surface area contributed by atoms with Crippen molar-refractivity contribution in [3.8, 4) is 0 Å². The second-order valence-electron chi connectivity index (χ2n) is 6.87. The molecule has 3 rings (SSSR count). The Morgan fingerprint density at radius 1 is 1.40 bits per heavy atom. The molecule has 2 heterocycles. The number of carbonyl (C=O) groups is 1. The number of aromatic nitrogens is 1. The third-order valence-corrected chi connectivity index (χ3v) is 5.13.